The van der Waals surface area contributed by atoms with E-state index in [2.05, 4.69) is 15.0 Å². The molecule has 0 amide bonds. The van der Waals surface area contributed by atoms with Gasteiger partial charge in [-0.1, -0.05) is 6.92 Å². The lowest BCUT2D eigenvalue weighted by atomic mass is 9.85. The van der Waals surface area contributed by atoms with Gasteiger partial charge in [0.05, 0.1) is 6.33 Å². The number of esters is 2. The summed E-state index contributed by atoms with van der Waals surface area (Å²) in [5.74, 6) is -1.08. The molecule has 1 aliphatic carbocycles. The summed E-state index contributed by atoms with van der Waals surface area (Å²) in [5.41, 5.74) is 3.70. The minimum Gasteiger partial charge on any atom is -0.417 e. The van der Waals surface area contributed by atoms with E-state index in [1.165, 1.54) is 0 Å². The van der Waals surface area contributed by atoms with Gasteiger partial charge in [-0.3, -0.25) is 0 Å². The van der Waals surface area contributed by atoms with Gasteiger partial charge in [0.1, 0.15) is 0 Å². The van der Waals surface area contributed by atoms with E-state index in [4.69, 9.17) is 9.47 Å². The third-order valence-corrected chi connectivity index (χ3v) is 4.61. The van der Waals surface area contributed by atoms with Gasteiger partial charge < -0.3 is 14.5 Å². The van der Waals surface area contributed by atoms with Crippen molar-refractivity contribution in [3.05, 3.63) is 47.2 Å². The van der Waals surface area contributed by atoms with Gasteiger partial charge in [-0.15, -0.1) is 0 Å². The molecule has 1 aliphatic heterocycles. The molecule has 0 aromatic carbocycles. The first kappa shape index (κ1) is 15.6. The molecule has 7 nitrogen and oxygen atoms in total. The van der Waals surface area contributed by atoms with Gasteiger partial charge in [-0.05, 0) is 31.2 Å². The normalized spacial score (nSPS) is 18.9. The van der Waals surface area contributed by atoms with Crippen molar-refractivity contribution in [2.45, 2.75) is 38.5 Å². The van der Waals surface area contributed by atoms with Gasteiger partial charge >= 0.3 is 11.9 Å². The smallest absolute Gasteiger partial charge is 0.337 e. The van der Waals surface area contributed by atoms with Crippen LogP contribution in [0, 0.1) is 0 Å². The van der Waals surface area contributed by atoms with Crippen LogP contribution in [0.25, 0.3) is 0 Å². The molecule has 4 rings (SSSR count). The maximum Gasteiger partial charge on any atom is 0.337 e. The molecular weight excluding hydrogens is 322 g/mol. The number of aromatic amines is 1. The largest absolute Gasteiger partial charge is 0.417 e. The third-order valence-electron chi connectivity index (χ3n) is 4.61. The van der Waals surface area contributed by atoms with Crippen molar-refractivity contribution >= 4 is 11.9 Å². The average Bonchev–Trinajstić information content (AvgIpc) is 3.13. The quantitative estimate of drug-likeness (QED) is 0.843. The van der Waals surface area contributed by atoms with Gasteiger partial charge in [0.2, 0.25) is 0 Å². The van der Waals surface area contributed by atoms with Crippen molar-refractivity contribution in [2.24, 2.45) is 0 Å². The summed E-state index contributed by atoms with van der Waals surface area (Å²) in [4.78, 5) is 35.5. The summed E-state index contributed by atoms with van der Waals surface area (Å²) in [6.07, 6.45) is 9.20. The number of carbonyl (C=O) groups is 2. The number of ether oxygens (including phenoxy) is 2. The predicted molar refractivity (Wildman–Crippen MR) is 87.4 cm³/mol. The number of carbonyl (C=O) groups excluding carboxylic acids is 2. The van der Waals surface area contributed by atoms with E-state index >= 15 is 0 Å². The van der Waals surface area contributed by atoms with E-state index in [0.29, 0.717) is 0 Å². The average molecular weight is 339 g/mol. The van der Waals surface area contributed by atoms with E-state index in [0.717, 1.165) is 60.4 Å². The molecule has 0 bridgehead atoms. The molecule has 1 unspecified atom stereocenters. The molecule has 0 spiro atoms. The van der Waals surface area contributed by atoms with E-state index in [1.807, 2.05) is 6.92 Å². The van der Waals surface area contributed by atoms with Crippen LogP contribution in [0.3, 0.4) is 0 Å². The SMILES string of the molecule is CC(c1cnc[nH]1)c1c2c(nc3c1OC(=O)/C=C/C(=O)O3)CCCC2. The number of H-pyrrole nitrogens is 1. The fourth-order valence-electron chi connectivity index (χ4n) is 3.41. The van der Waals surface area contributed by atoms with Crippen LogP contribution in [-0.4, -0.2) is 26.9 Å². The van der Waals surface area contributed by atoms with Crippen LogP contribution >= 0.6 is 0 Å². The second-order valence-corrected chi connectivity index (χ2v) is 6.20. The van der Waals surface area contributed by atoms with Crippen molar-refractivity contribution < 1.29 is 19.1 Å². The highest BCUT2D eigenvalue weighted by Crippen LogP contribution is 2.43. The van der Waals surface area contributed by atoms with Crippen LogP contribution < -0.4 is 9.47 Å². The Bertz CT molecular complexity index is 871. The van der Waals surface area contributed by atoms with Crippen molar-refractivity contribution in [1.82, 2.24) is 15.0 Å². The molecule has 2 aromatic heterocycles. The highest BCUT2D eigenvalue weighted by molar-refractivity contribution is 5.95. The first-order chi connectivity index (χ1) is 12.1. The zero-order chi connectivity index (χ0) is 17.4. The molecule has 7 heteroatoms. The molecular formula is C18H17N3O4. The number of nitrogens with zero attached hydrogens (tertiary/aromatic N) is 2. The Morgan fingerprint density at radius 3 is 2.64 bits per heavy atom. The van der Waals surface area contributed by atoms with Gasteiger partial charge in [-0.2, -0.15) is 0 Å². The number of aryl methyl sites for hydroxylation is 1. The zero-order valence-electron chi connectivity index (χ0n) is 13.7. The molecule has 0 fully saturated rings. The number of aromatic nitrogens is 3. The minimum absolute atomic E-state index is 0.0599. The second kappa shape index (κ2) is 6.16. The Balaban J connectivity index is 1.94. The van der Waals surface area contributed by atoms with Crippen LogP contribution in [0.5, 0.6) is 11.6 Å². The van der Waals surface area contributed by atoms with Crippen LogP contribution in [0.1, 0.15) is 48.2 Å². The summed E-state index contributed by atoms with van der Waals surface area (Å²) < 4.78 is 10.8. The molecule has 2 aliphatic rings. The van der Waals surface area contributed by atoms with E-state index < -0.39 is 11.9 Å². The summed E-state index contributed by atoms with van der Waals surface area (Å²) in [7, 11) is 0. The Morgan fingerprint density at radius 2 is 1.88 bits per heavy atom. The molecule has 128 valence electrons. The molecule has 0 radical (unpaired) electrons. The van der Waals surface area contributed by atoms with Crippen LogP contribution in [-0.2, 0) is 22.4 Å². The maximum atomic E-state index is 12.0. The Hall–Kier alpha value is -2.96. The molecule has 2 aromatic rings. The number of pyridine rings is 1. The summed E-state index contributed by atoms with van der Waals surface area (Å²) in [6, 6.07) is 0. The standard InChI is InChI=1S/C18H17N3O4/c1-10(13-8-19-9-20-13)16-11-4-2-3-5-12(11)21-18-17(16)24-14(22)6-7-15(23)25-18/h6-10H,2-5H2,1H3,(H,19,20)/b7-6+. The van der Waals surface area contributed by atoms with Crippen molar-refractivity contribution in [3.8, 4) is 11.6 Å². The third kappa shape index (κ3) is 2.82. The van der Waals surface area contributed by atoms with Crippen LogP contribution in [0.15, 0.2) is 24.7 Å². The molecule has 0 saturated heterocycles. The fraction of sp³-hybridized carbons (Fsp3) is 0.333. The summed E-state index contributed by atoms with van der Waals surface area (Å²) >= 11 is 0. The lowest BCUT2D eigenvalue weighted by molar-refractivity contribution is -0.133. The maximum absolute atomic E-state index is 12.0. The highest BCUT2D eigenvalue weighted by atomic mass is 16.6. The minimum atomic E-state index is -0.638. The zero-order valence-corrected chi connectivity index (χ0v) is 13.7. The van der Waals surface area contributed by atoms with E-state index in [-0.39, 0.29) is 17.5 Å². The number of hydrogen-bond acceptors (Lipinski definition) is 6. The first-order valence-electron chi connectivity index (χ1n) is 8.29. The van der Waals surface area contributed by atoms with Crippen molar-refractivity contribution in [1.29, 1.82) is 0 Å². The highest BCUT2D eigenvalue weighted by Gasteiger charge is 2.30. The lowest BCUT2D eigenvalue weighted by Gasteiger charge is -2.26. The number of fused-ring (bicyclic) bond motifs is 2. The van der Waals surface area contributed by atoms with Crippen molar-refractivity contribution in [2.75, 3.05) is 0 Å². The molecule has 1 atom stereocenters. The van der Waals surface area contributed by atoms with E-state index in [9.17, 15) is 9.59 Å². The van der Waals surface area contributed by atoms with Gasteiger partial charge in [0.25, 0.3) is 5.88 Å². The Labute approximate surface area is 144 Å². The predicted octanol–water partition coefficient (Wildman–Crippen LogP) is 2.22. The number of hydrogen-bond donors (Lipinski definition) is 1. The Morgan fingerprint density at radius 1 is 1.12 bits per heavy atom. The number of nitrogens with one attached hydrogen (secondary N) is 1. The molecule has 25 heavy (non-hydrogen) atoms. The lowest BCUT2D eigenvalue weighted by Crippen LogP contribution is -2.20. The van der Waals surface area contributed by atoms with Crippen LogP contribution in [0.4, 0.5) is 0 Å². The van der Waals surface area contributed by atoms with Crippen molar-refractivity contribution in [3.63, 3.8) is 0 Å². The first-order valence-corrected chi connectivity index (χ1v) is 8.29. The van der Waals surface area contributed by atoms with Crippen LogP contribution in [0.2, 0.25) is 0 Å². The monoisotopic (exact) mass is 339 g/mol. The fourth-order valence-corrected chi connectivity index (χ4v) is 3.41. The summed E-state index contributed by atoms with van der Waals surface area (Å²) in [6.45, 7) is 2.00. The second-order valence-electron chi connectivity index (χ2n) is 6.20. The number of imidazole rings is 1. The van der Waals surface area contributed by atoms with Gasteiger partial charge in [0, 0.05) is 41.2 Å². The van der Waals surface area contributed by atoms with E-state index in [1.54, 1.807) is 12.5 Å². The van der Waals surface area contributed by atoms with Gasteiger partial charge in [0.15, 0.2) is 5.75 Å². The summed E-state index contributed by atoms with van der Waals surface area (Å²) in [5, 5.41) is 0. The molecule has 1 N–H and O–H groups in total. The number of rotatable bonds is 2. The molecule has 0 saturated carbocycles. The Kier molecular flexibility index (Phi) is 3.83. The van der Waals surface area contributed by atoms with Gasteiger partial charge in [-0.25, -0.2) is 19.6 Å². The molecule has 3 heterocycles. The topological polar surface area (TPSA) is 94.2 Å².